The quantitative estimate of drug-likeness (QED) is 0.923. The van der Waals surface area contributed by atoms with Gasteiger partial charge in [-0.25, -0.2) is 0 Å². The van der Waals surface area contributed by atoms with Gasteiger partial charge >= 0.3 is 0 Å². The van der Waals surface area contributed by atoms with Gasteiger partial charge in [-0.3, -0.25) is 4.79 Å². The number of benzene rings is 1. The molecule has 3 nitrogen and oxygen atoms in total. The van der Waals surface area contributed by atoms with Crippen LogP contribution in [0.5, 0.6) is 0 Å². The maximum Gasteiger partial charge on any atom is 0.222 e. The van der Waals surface area contributed by atoms with Gasteiger partial charge in [0.1, 0.15) is 0 Å². The first-order chi connectivity index (χ1) is 11.1. The number of hydrogen-bond donors (Lipinski definition) is 1. The summed E-state index contributed by atoms with van der Waals surface area (Å²) < 4.78 is 0. The van der Waals surface area contributed by atoms with E-state index in [4.69, 9.17) is 0 Å². The molecule has 2 unspecified atom stereocenters. The molecule has 2 aliphatic rings. The Balaban J connectivity index is 1.55. The van der Waals surface area contributed by atoms with Crippen LogP contribution in [0, 0.1) is 12.8 Å². The monoisotopic (exact) mass is 314 g/mol. The van der Waals surface area contributed by atoms with Crippen molar-refractivity contribution in [1.29, 1.82) is 0 Å². The molecule has 2 heterocycles. The van der Waals surface area contributed by atoms with Gasteiger partial charge in [-0.05, 0) is 69.7 Å². The van der Waals surface area contributed by atoms with E-state index in [2.05, 4.69) is 48.3 Å². The van der Waals surface area contributed by atoms with Crippen molar-refractivity contribution >= 4 is 5.91 Å². The van der Waals surface area contributed by atoms with Gasteiger partial charge in [-0.15, -0.1) is 0 Å². The fraction of sp³-hybridized carbons (Fsp3) is 0.650. The highest BCUT2D eigenvalue weighted by Crippen LogP contribution is 2.34. The van der Waals surface area contributed by atoms with Crippen LogP contribution in [0.2, 0.25) is 0 Å². The Kier molecular flexibility index (Phi) is 5.37. The third-order valence-corrected chi connectivity index (χ3v) is 5.75. The molecule has 23 heavy (non-hydrogen) atoms. The van der Waals surface area contributed by atoms with Crippen LogP contribution in [0.4, 0.5) is 0 Å². The first-order valence-corrected chi connectivity index (χ1v) is 9.21. The van der Waals surface area contributed by atoms with Crippen LogP contribution in [0.3, 0.4) is 0 Å². The first kappa shape index (κ1) is 16.5. The summed E-state index contributed by atoms with van der Waals surface area (Å²) in [5, 5.41) is 3.40. The lowest BCUT2D eigenvalue weighted by Gasteiger charge is -2.25. The largest absolute Gasteiger partial charge is 0.339 e. The maximum absolute atomic E-state index is 12.7. The molecular formula is C20H30N2O. The van der Waals surface area contributed by atoms with Crippen molar-refractivity contribution in [2.45, 2.75) is 57.9 Å². The zero-order chi connectivity index (χ0) is 16.2. The highest BCUT2D eigenvalue weighted by molar-refractivity contribution is 5.77. The molecule has 0 bridgehead atoms. The number of piperidine rings is 1. The Labute approximate surface area is 140 Å². The second-order valence-electron chi connectivity index (χ2n) is 7.42. The molecule has 2 fully saturated rings. The molecule has 3 heteroatoms. The summed E-state index contributed by atoms with van der Waals surface area (Å²) in [5.74, 6) is 1.62. The SMILES string of the molecule is Cc1ccccc1C1CC(C)N(C(=O)CCC2CCNCC2)C1. The van der Waals surface area contributed by atoms with Crippen LogP contribution in [-0.4, -0.2) is 36.5 Å². The Hall–Kier alpha value is -1.35. The van der Waals surface area contributed by atoms with Crippen LogP contribution in [-0.2, 0) is 4.79 Å². The van der Waals surface area contributed by atoms with E-state index in [0.717, 1.165) is 44.8 Å². The molecule has 1 amide bonds. The van der Waals surface area contributed by atoms with Gasteiger partial charge in [-0.2, -0.15) is 0 Å². The number of nitrogens with one attached hydrogen (secondary N) is 1. The lowest BCUT2D eigenvalue weighted by atomic mass is 9.93. The Morgan fingerprint density at radius 3 is 2.74 bits per heavy atom. The molecule has 0 aliphatic carbocycles. The summed E-state index contributed by atoms with van der Waals surface area (Å²) in [7, 11) is 0. The van der Waals surface area contributed by atoms with Gasteiger partial charge in [0.15, 0.2) is 0 Å². The fourth-order valence-corrected chi connectivity index (χ4v) is 4.29. The molecule has 3 rings (SSSR count). The first-order valence-electron chi connectivity index (χ1n) is 9.21. The summed E-state index contributed by atoms with van der Waals surface area (Å²) in [6.45, 7) is 7.53. The number of rotatable bonds is 4. The van der Waals surface area contributed by atoms with E-state index in [1.54, 1.807) is 0 Å². The van der Waals surface area contributed by atoms with Gasteiger partial charge < -0.3 is 10.2 Å². The van der Waals surface area contributed by atoms with Crippen LogP contribution in [0.25, 0.3) is 0 Å². The van der Waals surface area contributed by atoms with E-state index in [-0.39, 0.29) is 0 Å². The third kappa shape index (κ3) is 3.95. The van der Waals surface area contributed by atoms with Crippen LogP contribution in [0.1, 0.15) is 56.1 Å². The number of carbonyl (C=O) groups excluding carboxylic acids is 1. The molecule has 0 saturated carbocycles. The predicted molar refractivity (Wildman–Crippen MR) is 94.5 cm³/mol. The summed E-state index contributed by atoms with van der Waals surface area (Å²) in [6.07, 6.45) is 5.36. The Morgan fingerprint density at radius 1 is 1.26 bits per heavy atom. The fourth-order valence-electron chi connectivity index (χ4n) is 4.29. The second kappa shape index (κ2) is 7.48. The van der Waals surface area contributed by atoms with Gasteiger partial charge in [0.2, 0.25) is 5.91 Å². The van der Waals surface area contributed by atoms with Crippen LogP contribution < -0.4 is 5.32 Å². The van der Waals surface area contributed by atoms with E-state index in [9.17, 15) is 4.79 Å². The third-order valence-electron chi connectivity index (χ3n) is 5.75. The van der Waals surface area contributed by atoms with E-state index in [1.165, 1.54) is 24.0 Å². The van der Waals surface area contributed by atoms with Gasteiger partial charge in [0.05, 0.1) is 0 Å². The zero-order valence-electron chi connectivity index (χ0n) is 14.6. The van der Waals surface area contributed by atoms with Crippen molar-refractivity contribution in [3.8, 4) is 0 Å². The van der Waals surface area contributed by atoms with Crippen molar-refractivity contribution in [3.63, 3.8) is 0 Å². The van der Waals surface area contributed by atoms with Crippen molar-refractivity contribution in [2.75, 3.05) is 19.6 Å². The Bertz CT molecular complexity index is 536. The minimum absolute atomic E-state index is 0.368. The minimum atomic E-state index is 0.368. The smallest absolute Gasteiger partial charge is 0.222 e. The maximum atomic E-state index is 12.7. The van der Waals surface area contributed by atoms with E-state index in [1.807, 2.05) is 0 Å². The zero-order valence-corrected chi connectivity index (χ0v) is 14.6. The summed E-state index contributed by atoms with van der Waals surface area (Å²) in [5.41, 5.74) is 2.78. The minimum Gasteiger partial charge on any atom is -0.339 e. The average Bonchev–Trinajstić information content (AvgIpc) is 2.96. The number of carbonyl (C=O) groups is 1. The van der Waals surface area contributed by atoms with Crippen LogP contribution in [0.15, 0.2) is 24.3 Å². The predicted octanol–water partition coefficient (Wildman–Crippen LogP) is 3.48. The van der Waals surface area contributed by atoms with Crippen molar-refractivity contribution in [3.05, 3.63) is 35.4 Å². The summed E-state index contributed by atoms with van der Waals surface area (Å²) in [6, 6.07) is 9.01. The molecule has 2 aliphatic heterocycles. The van der Waals surface area contributed by atoms with Gasteiger partial charge in [0.25, 0.3) is 0 Å². The van der Waals surface area contributed by atoms with E-state index >= 15 is 0 Å². The topological polar surface area (TPSA) is 32.3 Å². The average molecular weight is 314 g/mol. The van der Waals surface area contributed by atoms with Crippen LogP contribution >= 0.6 is 0 Å². The van der Waals surface area contributed by atoms with Gasteiger partial charge in [-0.1, -0.05) is 24.3 Å². The lowest BCUT2D eigenvalue weighted by Crippen LogP contribution is -2.34. The highest BCUT2D eigenvalue weighted by Gasteiger charge is 2.33. The Morgan fingerprint density at radius 2 is 2.00 bits per heavy atom. The summed E-state index contributed by atoms with van der Waals surface area (Å²) in [4.78, 5) is 14.8. The number of nitrogens with zero attached hydrogens (tertiary/aromatic N) is 1. The molecule has 0 aromatic heterocycles. The lowest BCUT2D eigenvalue weighted by molar-refractivity contribution is -0.132. The van der Waals surface area contributed by atoms with Gasteiger partial charge in [0, 0.05) is 24.9 Å². The molecule has 0 radical (unpaired) electrons. The number of likely N-dealkylation sites (tertiary alicyclic amines) is 1. The molecular weight excluding hydrogens is 284 g/mol. The molecule has 2 atom stereocenters. The van der Waals surface area contributed by atoms with Crippen molar-refractivity contribution < 1.29 is 4.79 Å². The molecule has 1 aromatic carbocycles. The number of hydrogen-bond acceptors (Lipinski definition) is 2. The van der Waals surface area contributed by atoms with E-state index in [0.29, 0.717) is 17.9 Å². The molecule has 2 saturated heterocycles. The molecule has 126 valence electrons. The number of amides is 1. The normalized spacial score (nSPS) is 25.7. The van der Waals surface area contributed by atoms with E-state index < -0.39 is 0 Å². The molecule has 0 spiro atoms. The molecule has 1 N–H and O–H groups in total. The molecule has 1 aromatic rings. The standard InChI is InChI=1S/C20H30N2O/c1-15-5-3-4-6-19(15)18-13-16(2)22(14-18)20(23)8-7-17-9-11-21-12-10-17/h3-6,16-18,21H,7-14H2,1-2H3. The highest BCUT2D eigenvalue weighted by atomic mass is 16.2. The number of aryl methyl sites for hydroxylation is 1. The van der Waals surface area contributed by atoms with Crippen molar-refractivity contribution in [2.24, 2.45) is 5.92 Å². The second-order valence-corrected chi connectivity index (χ2v) is 7.42. The summed E-state index contributed by atoms with van der Waals surface area (Å²) >= 11 is 0. The van der Waals surface area contributed by atoms with Crippen molar-refractivity contribution in [1.82, 2.24) is 10.2 Å².